The highest BCUT2D eigenvalue weighted by atomic mass is 32.2. The molecule has 3 rings (SSSR count). The Morgan fingerprint density at radius 2 is 1.48 bits per heavy atom. The van der Waals surface area contributed by atoms with Crippen LogP contribution in [0.5, 0.6) is 0 Å². The summed E-state index contributed by atoms with van der Waals surface area (Å²) in [4.78, 5) is 28.5. The second kappa shape index (κ2) is 6.78. The molecule has 7 heteroatoms. The molecule has 0 aromatic heterocycles. The average Bonchev–Trinajstić information content (AvgIpc) is 3.46. The van der Waals surface area contributed by atoms with Crippen molar-refractivity contribution in [3.05, 3.63) is 29.8 Å². The molecule has 0 bridgehead atoms. The molecule has 25 heavy (non-hydrogen) atoms. The van der Waals surface area contributed by atoms with Gasteiger partial charge in [-0.2, -0.15) is 0 Å². The van der Waals surface area contributed by atoms with Gasteiger partial charge >= 0.3 is 0 Å². The molecule has 2 amide bonds. The van der Waals surface area contributed by atoms with E-state index in [0.29, 0.717) is 31.7 Å². The van der Waals surface area contributed by atoms with Crippen molar-refractivity contribution in [3.63, 3.8) is 0 Å². The summed E-state index contributed by atoms with van der Waals surface area (Å²) in [7, 11) is -3.33. The van der Waals surface area contributed by atoms with Crippen LogP contribution in [0.4, 0.5) is 0 Å². The first-order chi connectivity index (χ1) is 11.8. The second-order valence-corrected chi connectivity index (χ2v) is 9.51. The van der Waals surface area contributed by atoms with Crippen molar-refractivity contribution < 1.29 is 18.0 Å². The summed E-state index contributed by atoms with van der Waals surface area (Å²) in [6.07, 6.45) is 1.98. The number of carbonyl (C=O) groups is 2. The molecule has 2 fully saturated rings. The lowest BCUT2D eigenvalue weighted by atomic mass is 10.1. The van der Waals surface area contributed by atoms with Crippen molar-refractivity contribution in [1.29, 1.82) is 0 Å². The molecule has 0 unspecified atom stereocenters. The molecule has 1 aromatic carbocycles. The van der Waals surface area contributed by atoms with Gasteiger partial charge < -0.3 is 9.80 Å². The number of hydrogen-bond donors (Lipinski definition) is 0. The van der Waals surface area contributed by atoms with Crippen molar-refractivity contribution in [2.45, 2.75) is 36.8 Å². The maximum atomic E-state index is 12.6. The standard InChI is InChI=1S/C18H24N2O4S/c1-13(2)25(23,24)16-7-5-15(6-8-16)18(22)20-11-9-19(10-12-20)17(21)14-3-4-14/h5-8,13-14H,3-4,9-12H2,1-2H3. The van der Waals surface area contributed by atoms with Crippen molar-refractivity contribution >= 4 is 21.7 Å². The molecule has 0 spiro atoms. The van der Waals surface area contributed by atoms with E-state index in [1.807, 2.05) is 4.90 Å². The summed E-state index contributed by atoms with van der Waals surface area (Å²) in [6.45, 7) is 5.45. The number of rotatable bonds is 4. The topological polar surface area (TPSA) is 74.8 Å². The minimum Gasteiger partial charge on any atom is -0.339 e. The number of carbonyl (C=O) groups excluding carboxylic acids is 2. The van der Waals surface area contributed by atoms with E-state index in [1.165, 1.54) is 12.1 Å². The van der Waals surface area contributed by atoms with Crippen LogP contribution in [0.25, 0.3) is 0 Å². The number of nitrogens with zero attached hydrogens (tertiary/aromatic N) is 2. The predicted octanol–water partition coefficient (Wildman–Crippen LogP) is 1.56. The summed E-state index contributed by atoms with van der Waals surface area (Å²) in [5.74, 6) is 0.306. The normalized spacial score (nSPS) is 18.5. The van der Waals surface area contributed by atoms with Gasteiger partial charge in [-0.25, -0.2) is 8.42 Å². The lowest BCUT2D eigenvalue weighted by molar-refractivity contribution is -0.134. The van der Waals surface area contributed by atoms with Crippen LogP contribution >= 0.6 is 0 Å². The van der Waals surface area contributed by atoms with E-state index in [4.69, 9.17) is 0 Å². The third-order valence-electron chi connectivity index (χ3n) is 4.86. The van der Waals surface area contributed by atoms with Gasteiger partial charge in [0.05, 0.1) is 10.1 Å². The number of amides is 2. The fourth-order valence-electron chi connectivity index (χ4n) is 2.96. The van der Waals surface area contributed by atoms with Crippen LogP contribution in [0.1, 0.15) is 37.0 Å². The quantitative estimate of drug-likeness (QED) is 0.813. The largest absolute Gasteiger partial charge is 0.339 e. The van der Waals surface area contributed by atoms with Gasteiger partial charge in [-0.3, -0.25) is 9.59 Å². The van der Waals surface area contributed by atoms with Gasteiger partial charge in [-0.1, -0.05) is 0 Å². The zero-order valence-electron chi connectivity index (χ0n) is 14.6. The summed E-state index contributed by atoms with van der Waals surface area (Å²) in [5, 5.41) is -0.494. The molecule has 0 radical (unpaired) electrons. The van der Waals surface area contributed by atoms with E-state index < -0.39 is 15.1 Å². The number of piperazine rings is 1. The second-order valence-electron chi connectivity index (χ2n) is 7.01. The molecule has 1 saturated heterocycles. The molecule has 0 atom stereocenters. The van der Waals surface area contributed by atoms with Crippen molar-refractivity contribution in [3.8, 4) is 0 Å². The van der Waals surface area contributed by atoms with Crippen LogP contribution in [0, 0.1) is 5.92 Å². The zero-order chi connectivity index (χ0) is 18.2. The van der Waals surface area contributed by atoms with Gasteiger partial charge in [0.25, 0.3) is 5.91 Å². The van der Waals surface area contributed by atoms with E-state index >= 15 is 0 Å². The minimum absolute atomic E-state index is 0.119. The molecule has 136 valence electrons. The van der Waals surface area contributed by atoms with Gasteiger partial charge in [-0.15, -0.1) is 0 Å². The summed E-state index contributed by atoms with van der Waals surface area (Å²) in [5.41, 5.74) is 0.477. The van der Waals surface area contributed by atoms with Crippen molar-refractivity contribution in [1.82, 2.24) is 9.80 Å². The SMILES string of the molecule is CC(C)S(=O)(=O)c1ccc(C(=O)N2CCN(C(=O)C3CC3)CC2)cc1. The highest BCUT2D eigenvalue weighted by molar-refractivity contribution is 7.92. The average molecular weight is 364 g/mol. The number of benzene rings is 1. The molecule has 1 heterocycles. The lowest BCUT2D eigenvalue weighted by Crippen LogP contribution is -2.51. The van der Waals surface area contributed by atoms with Crippen LogP contribution in [0.3, 0.4) is 0 Å². The molecular weight excluding hydrogens is 340 g/mol. The number of hydrogen-bond acceptors (Lipinski definition) is 4. The van der Waals surface area contributed by atoms with Gasteiger partial charge in [-0.05, 0) is 51.0 Å². The smallest absolute Gasteiger partial charge is 0.253 e. The maximum Gasteiger partial charge on any atom is 0.253 e. The molecule has 1 aliphatic carbocycles. The Kier molecular flexibility index (Phi) is 4.86. The van der Waals surface area contributed by atoms with Crippen LogP contribution < -0.4 is 0 Å². The molecule has 6 nitrogen and oxygen atoms in total. The summed E-state index contributed by atoms with van der Waals surface area (Å²) >= 11 is 0. The highest BCUT2D eigenvalue weighted by Crippen LogP contribution is 2.31. The van der Waals surface area contributed by atoms with Gasteiger partial charge in [0.2, 0.25) is 5.91 Å². The Morgan fingerprint density at radius 3 is 1.96 bits per heavy atom. The Balaban J connectivity index is 1.63. The first-order valence-electron chi connectivity index (χ1n) is 8.72. The van der Waals surface area contributed by atoms with Gasteiger partial charge in [0.1, 0.15) is 0 Å². The lowest BCUT2D eigenvalue weighted by Gasteiger charge is -2.35. The molecule has 2 aliphatic rings. The highest BCUT2D eigenvalue weighted by Gasteiger charge is 2.35. The van der Waals surface area contributed by atoms with Crippen LogP contribution in [0.15, 0.2) is 29.2 Å². The van der Waals surface area contributed by atoms with Gasteiger partial charge in [0.15, 0.2) is 9.84 Å². The van der Waals surface area contributed by atoms with E-state index in [2.05, 4.69) is 0 Å². The zero-order valence-corrected chi connectivity index (χ0v) is 15.5. The summed E-state index contributed by atoms with van der Waals surface area (Å²) < 4.78 is 24.3. The fourth-order valence-corrected chi connectivity index (χ4v) is 4.02. The molecule has 1 aromatic rings. The summed E-state index contributed by atoms with van der Waals surface area (Å²) in [6, 6.07) is 6.13. The molecule has 0 N–H and O–H groups in total. The third-order valence-corrected chi connectivity index (χ3v) is 7.03. The molecule has 1 aliphatic heterocycles. The van der Waals surface area contributed by atoms with Crippen molar-refractivity contribution in [2.75, 3.05) is 26.2 Å². The third kappa shape index (κ3) is 3.71. The number of sulfone groups is 1. The molecule has 1 saturated carbocycles. The monoisotopic (exact) mass is 364 g/mol. The Labute approximate surface area is 148 Å². The maximum absolute atomic E-state index is 12.6. The Hall–Kier alpha value is -1.89. The fraction of sp³-hybridized carbons (Fsp3) is 0.556. The van der Waals surface area contributed by atoms with E-state index in [1.54, 1.807) is 30.9 Å². The Morgan fingerprint density at radius 1 is 0.960 bits per heavy atom. The first kappa shape index (κ1) is 17.9. The minimum atomic E-state index is -3.33. The van der Waals surface area contributed by atoms with Crippen LogP contribution in [-0.4, -0.2) is 61.5 Å². The van der Waals surface area contributed by atoms with Gasteiger partial charge in [0, 0.05) is 37.7 Å². The van der Waals surface area contributed by atoms with Crippen molar-refractivity contribution in [2.24, 2.45) is 5.92 Å². The first-order valence-corrected chi connectivity index (χ1v) is 10.3. The van der Waals surface area contributed by atoms with E-state index in [-0.39, 0.29) is 22.6 Å². The Bertz CT molecular complexity index is 759. The van der Waals surface area contributed by atoms with Crippen LogP contribution in [-0.2, 0) is 14.6 Å². The van der Waals surface area contributed by atoms with E-state index in [9.17, 15) is 18.0 Å². The van der Waals surface area contributed by atoms with Crippen LogP contribution in [0.2, 0.25) is 0 Å². The predicted molar refractivity (Wildman–Crippen MR) is 94.0 cm³/mol. The molecular formula is C18H24N2O4S. The van der Waals surface area contributed by atoms with E-state index in [0.717, 1.165) is 12.8 Å².